The first-order valence-corrected chi connectivity index (χ1v) is 9.52. The van der Waals surface area contributed by atoms with Crippen molar-refractivity contribution in [3.05, 3.63) is 0 Å². The Balaban J connectivity index is 2.49. The average molecular weight is 260 g/mol. The van der Waals surface area contributed by atoms with E-state index in [1.54, 1.807) is 0 Å². The van der Waals surface area contributed by atoms with Crippen molar-refractivity contribution in [1.29, 1.82) is 0 Å². The van der Waals surface area contributed by atoms with Crippen LogP contribution in [0.5, 0.6) is 0 Å². The minimum absolute atomic E-state index is 0.0490. The molecule has 0 bridgehead atoms. The molecule has 1 heterocycles. The van der Waals surface area contributed by atoms with Crippen LogP contribution in [-0.4, -0.2) is 32.4 Å². The number of aliphatic hydroxyl groups is 1. The first-order valence-electron chi connectivity index (χ1n) is 6.61. The summed E-state index contributed by atoms with van der Waals surface area (Å²) in [5, 5.41) is 9.75. The van der Waals surface area contributed by atoms with Gasteiger partial charge in [-0.3, -0.25) is 0 Å². The fraction of sp³-hybridized carbons (Fsp3) is 1.00. The van der Waals surface area contributed by atoms with E-state index < -0.39 is 14.6 Å². The van der Waals surface area contributed by atoms with Crippen molar-refractivity contribution in [1.82, 2.24) is 0 Å². The zero-order valence-electron chi connectivity index (χ0n) is 12.1. The first kappa shape index (κ1) is 15.2. The van der Waals surface area contributed by atoms with Crippen molar-refractivity contribution in [2.75, 3.05) is 6.61 Å². The third-order valence-electron chi connectivity index (χ3n) is 4.25. The Bertz CT molecular complexity index is 248. The van der Waals surface area contributed by atoms with Gasteiger partial charge in [0, 0.05) is 0 Å². The van der Waals surface area contributed by atoms with E-state index in [-0.39, 0.29) is 11.1 Å². The maximum atomic E-state index is 9.52. The van der Waals surface area contributed by atoms with Crippen LogP contribution in [0.25, 0.3) is 0 Å². The quantitative estimate of drug-likeness (QED) is 0.792. The van der Waals surface area contributed by atoms with Crippen LogP contribution < -0.4 is 0 Å². The maximum Gasteiger partial charge on any atom is 0.192 e. The molecule has 1 aliphatic heterocycles. The van der Waals surface area contributed by atoms with Gasteiger partial charge in [-0.1, -0.05) is 27.7 Å². The van der Waals surface area contributed by atoms with E-state index in [2.05, 4.69) is 40.8 Å². The Morgan fingerprint density at radius 1 is 1.29 bits per heavy atom. The van der Waals surface area contributed by atoms with E-state index in [1.807, 2.05) is 0 Å². The zero-order chi connectivity index (χ0) is 13.3. The van der Waals surface area contributed by atoms with Gasteiger partial charge in [0.1, 0.15) is 0 Å². The Labute approximate surface area is 107 Å². The Kier molecular flexibility index (Phi) is 4.80. The van der Waals surface area contributed by atoms with Crippen molar-refractivity contribution >= 4 is 8.32 Å². The number of rotatable bonds is 3. The van der Waals surface area contributed by atoms with Crippen LogP contribution in [0.3, 0.4) is 0 Å². The Morgan fingerprint density at radius 2 is 1.88 bits per heavy atom. The van der Waals surface area contributed by atoms with Gasteiger partial charge in [0.25, 0.3) is 0 Å². The van der Waals surface area contributed by atoms with Gasteiger partial charge in [-0.15, -0.1) is 0 Å². The fourth-order valence-electron chi connectivity index (χ4n) is 1.71. The predicted octanol–water partition coefficient (Wildman–Crippen LogP) is 3.14. The molecule has 1 fully saturated rings. The minimum atomic E-state index is -1.70. The molecule has 0 radical (unpaired) electrons. The Hall–Kier alpha value is 0.0969. The van der Waals surface area contributed by atoms with Gasteiger partial charge in [-0.25, -0.2) is 0 Å². The number of aliphatic hydroxyl groups excluding tert-OH is 1. The minimum Gasteiger partial charge on any atom is -0.414 e. The SMILES string of the molecule is C[C@H]1CCC(O)O[C@H]1CO[Si](C)(C)C(C)(C)C. The van der Waals surface area contributed by atoms with Gasteiger partial charge < -0.3 is 14.3 Å². The summed E-state index contributed by atoms with van der Waals surface area (Å²) in [6.07, 6.45) is 1.22. The number of hydrogen-bond donors (Lipinski definition) is 1. The summed E-state index contributed by atoms with van der Waals surface area (Å²) in [4.78, 5) is 0. The highest BCUT2D eigenvalue weighted by atomic mass is 28.4. The van der Waals surface area contributed by atoms with Crippen molar-refractivity contribution < 1.29 is 14.3 Å². The summed E-state index contributed by atoms with van der Waals surface area (Å²) in [7, 11) is -1.70. The van der Waals surface area contributed by atoms with Gasteiger partial charge in [0.05, 0.1) is 12.7 Å². The van der Waals surface area contributed by atoms with Crippen molar-refractivity contribution in [2.24, 2.45) is 5.92 Å². The van der Waals surface area contributed by atoms with Crippen molar-refractivity contribution in [2.45, 2.75) is 71.1 Å². The molecule has 1 unspecified atom stereocenters. The summed E-state index contributed by atoms with van der Waals surface area (Å²) in [6, 6.07) is 0. The van der Waals surface area contributed by atoms with Crippen LogP contribution in [0, 0.1) is 5.92 Å². The second-order valence-corrected chi connectivity index (χ2v) is 11.6. The molecule has 1 rings (SSSR count). The van der Waals surface area contributed by atoms with Crippen molar-refractivity contribution in [3.8, 4) is 0 Å². The first-order chi connectivity index (χ1) is 7.63. The van der Waals surface area contributed by atoms with E-state index in [1.165, 1.54) is 0 Å². The molecule has 0 aromatic heterocycles. The molecule has 0 aromatic carbocycles. The molecule has 1 aliphatic rings. The summed E-state index contributed by atoms with van der Waals surface area (Å²) in [5.74, 6) is 0.475. The predicted molar refractivity (Wildman–Crippen MR) is 72.4 cm³/mol. The lowest BCUT2D eigenvalue weighted by molar-refractivity contribution is -0.188. The molecule has 1 N–H and O–H groups in total. The molecule has 3 nitrogen and oxygen atoms in total. The molecular formula is C13H28O3Si. The normalized spacial score (nSPS) is 31.6. The van der Waals surface area contributed by atoms with Gasteiger partial charge in [0.2, 0.25) is 0 Å². The second-order valence-electron chi connectivity index (χ2n) is 6.76. The van der Waals surface area contributed by atoms with E-state index in [9.17, 15) is 5.11 Å². The van der Waals surface area contributed by atoms with Crippen LogP contribution in [0.1, 0.15) is 40.5 Å². The lowest BCUT2D eigenvalue weighted by atomic mass is 9.96. The maximum absolute atomic E-state index is 9.52. The molecule has 4 heteroatoms. The highest BCUT2D eigenvalue weighted by Gasteiger charge is 2.38. The molecule has 0 aromatic rings. The van der Waals surface area contributed by atoms with Crippen LogP contribution in [0.2, 0.25) is 18.1 Å². The zero-order valence-corrected chi connectivity index (χ0v) is 13.1. The molecule has 102 valence electrons. The summed E-state index contributed by atoms with van der Waals surface area (Å²) in [5.41, 5.74) is 0. The monoisotopic (exact) mass is 260 g/mol. The molecule has 0 amide bonds. The van der Waals surface area contributed by atoms with Crippen LogP contribution in [0.15, 0.2) is 0 Å². The molecule has 3 atom stereocenters. The fourth-order valence-corrected chi connectivity index (χ4v) is 2.72. The largest absolute Gasteiger partial charge is 0.414 e. The molecular weight excluding hydrogens is 232 g/mol. The highest BCUT2D eigenvalue weighted by molar-refractivity contribution is 6.74. The second kappa shape index (κ2) is 5.39. The smallest absolute Gasteiger partial charge is 0.192 e. The van der Waals surface area contributed by atoms with Crippen molar-refractivity contribution in [3.63, 3.8) is 0 Å². The summed E-state index contributed by atoms with van der Waals surface area (Å²) >= 11 is 0. The summed E-state index contributed by atoms with van der Waals surface area (Å²) < 4.78 is 11.7. The van der Waals surface area contributed by atoms with Crippen LogP contribution in [-0.2, 0) is 9.16 Å². The molecule has 1 saturated heterocycles. The van der Waals surface area contributed by atoms with Gasteiger partial charge in [-0.2, -0.15) is 0 Å². The molecule has 17 heavy (non-hydrogen) atoms. The number of hydrogen-bond acceptors (Lipinski definition) is 3. The topological polar surface area (TPSA) is 38.7 Å². The summed E-state index contributed by atoms with van der Waals surface area (Å²) in [6.45, 7) is 14.0. The standard InChI is InChI=1S/C13H28O3Si/c1-10-7-8-12(14)16-11(10)9-15-17(5,6)13(2,3)4/h10-12,14H,7-9H2,1-6H3/t10-,11-,12?/m0/s1. The van der Waals surface area contributed by atoms with E-state index in [0.717, 1.165) is 12.8 Å². The molecule has 0 spiro atoms. The van der Waals surface area contributed by atoms with E-state index >= 15 is 0 Å². The molecule has 0 saturated carbocycles. The van der Waals surface area contributed by atoms with Gasteiger partial charge in [-0.05, 0) is 36.9 Å². The number of ether oxygens (including phenoxy) is 1. The van der Waals surface area contributed by atoms with Crippen LogP contribution in [0.4, 0.5) is 0 Å². The van der Waals surface area contributed by atoms with Crippen LogP contribution >= 0.6 is 0 Å². The van der Waals surface area contributed by atoms with Gasteiger partial charge >= 0.3 is 0 Å². The Morgan fingerprint density at radius 3 is 2.41 bits per heavy atom. The van der Waals surface area contributed by atoms with E-state index in [0.29, 0.717) is 12.5 Å². The third kappa shape index (κ3) is 4.05. The third-order valence-corrected chi connectivity index (χ3v) is 8.75. The lowest BCUT2D eigenvalue weighted by Crippen LogP contribution is -2.45. The molecule has 0 aliphatic carbocycles. The van der Waals surface area contributed by atoms with E-state index in [4.69, 9.17) is 9.16 Å². The highest BCUT2D eigenvalue weighted by Crippen LogP contribution is 2.37. The van der Waals surface area contributed by atoms with Gasteiger partial charge in [0.15, 0.2) is 14.6 Å². The lowest BCUT2D eigenvalue weighted by Gasteiger charge is -2.39. The average Bonchev–Trinajstić information content (AvgIpc) is 2.18.